The minimum atomic E-state index is -0.983. The van der Waals surface area contributed by atoms with Crippen molar-refractivity contribution in [2.45, 2.75) is 58.9 Å². The first kappa shape index (κ1) is 20.1. The molecule has 0 saturated heterocycles. The summed E-state index contributed by atoms with van der Waals surface area (Å²) < 4.78 is 0. The molecule has 26 heavy (non-hydrogen) atoms. The van der Waals surface area contributed by atoms with Crippen LogP contribution in [-0.4, -0.2) is 22.0 Å². The summed E-state index contributed by atoms with van der Waals surface area (Å²) in [6, 6.07) is 8.06. The number of amides is 1. The van der Waals surface area contributed by atoms with Gasteiger partial charge >= 0.3 is 5.97 Å². The molecule has 6 heteroatoms. The van der Waals surface area contributed by atoms with E-state index in [4.69, 9.17) is 5.11 Å². The van der Waals surface area contributed by atoms with Crippen molar-refractivity contribution in [2.24, 2.45) is 0 Å². The molecular formula is C20H26N2O3S. The summed E-state index contributed by atoms with van der Waals surface area (Å²) >= 11 is 1.11. The van der Waals surface area contributed by atoms with E-state index >= 15 is 0 Å². The predicted octanol–water partition coefficient (Wildman–Crippen LogP) is 4.26. The number of rotatable bonds is 6. The molecule has 1 heterocycles. The van der Waals surface area contributed by atoms with E-state index in [-0.39, 0.29) is 22.2 Å². The van der Waals surface area contributed by atoms with Gasteiger partial charge in [0.15, 0.2) is 0 Å². The number of nitrogens with zero attached hydrogens (tertiary/aromatic N) is 1. The van der Waals surface area contributed by atoms with Crippen LogP contribution in [0.3, 0.4) is 0 Å². The highest BCUT2D eigenvalue weighted by Gasteiger charge is 2.19. The second kappa shape index (κ2) is 7.99. The van der Waals surface area contributed by atoms with Gasteiger partial charge in [0, 0.05) is 6.42 Å². The molecule has 0 aliphatic rings. The summed E-state index contributed by atoms with van der Waals surface area (Å²) in [6.45, 7) is 10.0. The van der Waals surface area contributed by atoms with E-state index in [1.54, 1.807) is 6.92 Å². The normalized spacial score (nSPS) is 12.7. The zero-order valence-electron chi connectivity index (χ0n) is 15.9. The Morgan fingerprint density at radius 2 is 1.85 bits per heavy atom. The van der Waals surface area contributed by atoms with Crippen molar-refractivity contribution in [3.8, 4) is 0 Å². The van der Waals surface area contributed by atoms with Crippen molar-refractivity contribution in [1.82, 2.24) is 10.3 Å². The molecule has 140 valence electrons. The number of hydrogen-bond donors (Lipinski definition) is 2. The number of nitrogens with one attached hydrogen (secondary N) is 1. The van der Waals surface area contributed by atoms with E-state index in [1.807, 2.05) is 6.92 Å². The van der Waals surface area contributed by atoms with Crippen LogP contribution < -0.4 is 5.32 Å². The van der Waals surface area contributed by atoms with Gasteiger partial charge in [-0.05, 0) is 36.8 Å². The van der Waals surface area contributed by atoms with Crippen molar-refractivity contribution in [2.75, 3.05) is 0 Å². The minimum Gasteiger partial charge on any atom is -0.477 e. The van der Waals surface area contributed by atoms with Gasteiger partial charge in [-0.1, -0.05) is 45.0 Å². The third-order valence-electron chi connectivity index (χ3n) is 4.22. The Kier molecular flexibility index (Phi) is 6.18. The lowest BCUT2D eigenvalue weighted by molar-refractivity contribution is -0.121. The molecule has 0 saturated carbocycles. The Bertz CT molecular complexity index is 788. The van der Waals surface area contributed by atoms with Crippen LogP contribution in [0.5, 0.6) is 0 Å². The van der Waals surface area contributed by atoms with Gasteiger partial charge in [0.25, 0.3) is 0 Å². The Labute approximate surface area is 158 Å². The number of carbonyl (C=O) groups is 2. The molecule has 0 spiro atoms. The van der Waals surface area contributed by atoms with Crippen molar-refractivity contribution < 1.29 is 14.7 Å². The number of hydrogen-bond acceptors (Lipinski definition) is 4. The third-order valence-corrected chi connectivity index (χ3v) is 5.54. The molecule has 2 rings (SSSR count). The molecule has 5 nitrogen and oxygen atoms in total. The predicted molar refractivity (Wildman–Crippen MR) is 104 cm³/mol. The molecule has 1 unspecified atom stereocenters. The molecule has 1 aromatic heterocycles. The number of aromatic nitrogens is 1. The number of carboxylic acid groups (broad SMARTS) is 1. The minimum absolute atomic E-state index is 0.0675. The summed E-state index contributed by atoms with van der Waals surface area (Å²) in [6.07, 6.45) is 1.05. The monoisotopic (exact) mass is 374 g/mol. The smallest absolute Gasteiger partial charge is 0.347 e. The van der Waals surface area contributed by atoms with Crippen LogP contribution in [0.1, 0.15) is 71.7 Å². The van der Waals surface area contributed by atoms with Crippen LogP contribution in [0.2, 0.25) is 0 Å². The summed E-state index contributed by atoms with van der Waals surface area (Å²) in [7, 11) is 0. The summed E-state index contributed by atoms with van der Waals surface area (Å²) in [5.74, 6) is -1.05. The largest absolute Gasteiger partial charge is 0.477 e. The maximum atomic E-state index is 12.2. The fourth-order valence-corrected chi connectivity index (χ4v) is 3.51. The van der Waals surface area contributed by atoms with Gasteiger partial charge in [-0.3, -0.25) is 4.79 Å². The first-order valence-electron chi connectivity index (χ1n) is 8.67. The molecule has 2 aromatic rings. The maximum Gasteiger partial charge on any atom is 0.347 e. The summed E-state index contributed by atoms with van der Waals surface area (Å²) in [5, 5.41) is 12.6. The zero-order valence-corrected chi connectivity index (χ0v) is 16.7. The maximum absolute atomic E-state index is 12.2. The van der Waals surface area contributed by atoms with Gasteiger partial charge < -0.3 is 10.4 Å². The fourth-order valence-electron chi connectivity index (χ4n) is 2.61. The number of carboxylic acids is 1. The topological polar surface area (TPSA) is 79.3 Å². The van der Waals surface area contributed by atoms with Gasteiger partial charge in [-0.15, -0.1) is 11.3 Å². The van der Waals surface area contributed by atoms with Gasteiger partial charge in [-0.2, -0.15) is 0 Å². The molecular weight excluding hydrogens is 348 g/mol. The third kappa shape index (κ3) is 5.14. The highest BCUT2D eigenvalue weighted by Crippen LogP contribution is 2.24. The van der Waals surface area contributed by atoms with Crippen LogP contribution in [0.15, 0.2) is 24.3 Å². The SMILES string of the molecule is Cc1nc(C(C)NC(=O)CCc2ccc(C(C)(C)C)cc2)sc1C(=O)O. The van der Waals surface area contributed by atoms with Crippen molar-refractivity contribution >= 4 is 23.2 Å². The Morgan fingerprint density at radius 1 is 1.23 bits per heavy atom. The second-order valence-corrected chi connectivity index (χ2v) is 8.54. The van der Waals surface area contributed by atoms with E-state index < -0.39 is 5.97 Å². The number of carbonyl (C=O) groups excluding carboxylic acids is 1. The molecule has 0 bridgehead atoms. The quantitative estimate of drug-likeness (QED) is 0.792. The highest BCUT2D eigenvalue weighted by molar-refractivity contribution is 7.13. The Morgan fingerprint density at radius 3 is 2.35 bits per heavy atom. The van der Waals surface area contributed by atoms with Crippen molar-refractivity contribution in [3.05, 3.63) is 51.0 Å². The lowest BCUT2D eigenvalue weighted by Crippen LogP contribution is -2.26. The van der Waals surface area contributed by atoms with Gasteiger partial charge in [0.2, 0.25) is 5.91 Å². The molecule has 1 amide bonds. The fraction of sp³-hybridized carbons (Fsp3) is 0.450. The lowest BCUT2D eigenvalue weighted by atomic mass is 9.86. The Hall–Kier alpha value is -2.21. The van der Waals surface area contributed by atoms with Crippen LogP contribution in [-0.2, 0) is 16.6 Å². The van der Waals surface area contributed by atoms with E-state index in [2.05, 4.69) is 55.3 Å². The zero-order chi connectivity index (χ0) is 19.5. The van der Waals surface area contributed by atoms with Crippen molar-refractivity contribution in [3.63, 3.8) is 0 Å². The highest BCUT2D eigenvalue weighted by atomic mass is 32.1. The molecule has 0 aliphatic heterocycles. The van der Waals surface area contributed by atoms with Gasteiger partial charge in [-0.25, -0.2) is 9.78 Å². The first-order valence-corrected chi connectivity index (χ1v) is 9.49. The standard InChI is InChI=1S/C20H26N2O3S/c1-12-17(19(24)25)26-18(22-12)13(2)21-16(23)11-8-14-6-9-15(10-7-14)20(3,4)5/h6-7,9-10,13H,8,11H2,1-5H3,(H,21,23)(H,24,25). The number of aromatic carboxylic acids is 1. The van der Waals surface area contributed by atoms with E-state index in [0.29, 0.717) is 23.5 Å². The Balaban J connectivity index is 1.90. The van der Waals surface area contributed by atoms with Crippen LogP contribution >= 0.6 is 11.3 Å². The average Bonchev–Trinajstić information content (AvgIpc) is 2.95. The molecule has 0 fully saturated rings. The average molecular weight is 375 g/mol. The van der Waals surface area contributed by atoms with Gasteiger partial charge in [0.05, 0.1) is 11.7 Å². The number of thiazole rings is 1. The first-order chi connectivity index (χ1) is 12.1. The van der Waals surface area contributed by atoms with Gasteiger partial charge in [0.1, 0.15) is 9.88 Å². The number of aryl methyl sites for hydroxylation is 2. The molecule has 1 aromatic carbocycles. The summed E-state index contributed by atoms with van der Waals surface area (Å²) in [5.41, 5.74) is 3.00. The van der Waals surface area contributed by atoms with E-state index in [1.165, 1.54) is 5.56 Å². The van der Waals surface area contributed by atoms with Crippen LogP contribution in [0.4, 0.5) is 0 Å². The molecule has 2 N–H and O–H groups in total. The molecule has 0 radical (unpaired) electrons. The van der Waals surface area contributed by atoms with E-state index in [9.17, 15) is 9.59 Å². The summed E-state index contributed by atoms with van der Waals surface area (Å²) in [4.78, 5) is 27.8. The number of benzene rings is 1. The molecule has 0 aliphatic carbocycles. The molecule has 1 atom stereocenters. The van der Waals surface area contributed by atoms with E-state index in [0.717, 1.165) is 16.9 Å². The van der Waals surface area contributed by atoms with Crippen molar-refractivity contribution in [1.29, 1.82) is 0 Å². The van der Waals surface area contributed by atoms with Crippen LogP contribution in [0.25, 0.3) is 0 Å². The lowest BCUT2D eigenvalue weighted by Gasteiger charge is -2.19. The van der Waals surface area contributed by atoms with Crippen LogP contribution in [0, 0.1) is 6.92 Å². The second-order valence-electron chi connectivity index (χ2n) is 7.51.